The summed E-state index contributed by atoms with van der Waals surface area (Å²) in [4.78, 5) is 32.0. The van der Waals surface area contributed by atoms with Crippen LogP contribution in [0.5, 0.6) is 0 Å². The van der Waals surface area contributed by atoms with Gasteiger partial charge in [0.25, 0.3) is 0 Å². The number of esters is 1. The third-order valence-electron chi connectivity index (χ3n) is 1.65. The van der Waals surface area contributed by atoms with Crippen LogP contribution in [0.25, 0.3) is 0 Å². The van der Waals surface area contributed by atoms with Crippen LogP contribution in [0.15, 0.2) is 0 Å². The van der Waals surface area contributed by atoms with Gasteiger partial charge < -0.3 is 4.74 Å². The SMILES string of the molecule is CCOC(=O)[C-](COOC(C)(C)C)COOC(C)(C)C.[K+]. The van der Waals surface area contributed by atoms with Crippen molar-refractivity contribution in [3.63, 3.8) is 0 Å². The van der Waals surface area contributed by atoms with E-state index in [-0.39, 0.29) is 71.2 Å². The molecular formula is C14H27KO6. The van der Waals surface area contributed by atoms with Crippen LogP contribution in [0.4, 0.5) is 0 Å². The summed E-state index contributed by atoms with van der Waals surface area (Å²) < 4.78 is 4.92. The molecule has 0 bridgehead atoms. The summed E-state index contributed by atoms with van der Waals surface area (Å²) in [6.07, 6.45) is 0. The number of carbonyl (C=O) groups excluding carboxylic acids is 1. The molecule has 6 nitrogen and oxygen atoms in total. The summed E-state index contributed by atoms with van der Waals surface area (Å²) in [6, 6.07) is 0. The number of ether oxygens (including phenoxy) is 1. The van der Waals surface area contributed by atoms with E-state index in [1.54, 1.807) is 6.92 Å². The third-order valence-corrected chi connectivity index (χ3v) is 1.65. The largest absolute Gasteiger partial charge is 1.00 e. The first-order valence-electron chi connectivity index (χ1n) is 6.68. The minimum atomic E-state index is -0.484. The van der Waals surface area contributed by atoms with E-state index in [1.807, 2.05) is 41.5 Å². The monoisotopic (exact) mass is 330 g/mol. The standard InChI is InChI=1S/C14H27O6.K/c1-8-16-12(15)11(9-17-19-13(2,3)4)10-18-20-14(5,6)7;/h8-10H2,1-7H3;/q-1;+1. The van der Waals surface area contributed by atoms with E-state index in [9.17, 15) is 4.79 Å². The molecule has 0 amide bonds. The molecule has 0 spiro atoms. The van der Waals surface area contributed by atoms with Gasteiger partial charge in [-0.25, -0.2) is 15.7 Å². The van der Waals surface area contributed by atoms with Gasteiger partial charge in [0.2, 0.25) is 0 Å². The van der Waals surface area contributed by atoms with Gasteiger partial charge in [-0.1, -0.05) is 0 Å². The summed E-state index contributed by atoms with van der Waals surface area (Å²) in [6.45, 7) is 13.0. The molecule has 7 heteroatoms. The topological polar surface area (TPSA) is 63.2 Å². The molecule has 0 aromatic rings. The fourth-order valence-corrected chi connectivity index (χ4v) is 0.947. The Morgan fingerprint density at radius 3 is 1.57 bits per heavy atom. The number of hydrogen-bond acceptors (Lipinski definition) is 6. The van der Waals surface area contributed by atoms with Crippen molar-refractivity contribution in [1.82, 2.24) is 0 Å². The van der Waals surface area contributed by atoms with Crippen molar-refractivity contribution in [1.29, 1.82) is 0 Å². The molecule has 0 rings (SSSR count). The van der Waals surface area contributed by atoms with Crippen molar-refractivity contribution >= 4 is 5.97 Å². The van der Waals surface area contributed by atoms with Crippen molar-refractivity contribution in [2.45, 2.75) is 59.7 Å². The third kappa shape index (κ3) is 15.5. The maximum Gasteiger partial charge on any atom is 1.00 e. The predicted octanol–water partition coefficient (Wildman–Crippen LogP) is -0.379. The molecule has 0 atom stereocenters. The molecule has 0 aromatic carbocycles. The van der Waals surface area contributed by atoms with Gasteiger partial charge in [0, 0.05) is 0 Å². The Kier molecular flexibility index (Phi) is 13.0. The van der Waals surface area contributed by atoms with Crippen LogP contribution >= 0.6 is 0 Å². The Bertz CT molecular complexity index is 262. The number of carbonyl (C=O) groups is 1. The Labute approximate surface area is 170 Å². The Morgan fingerprint density at radius 1 is 0.905 bits per heavy atom. The summed E-state index contributed by atoms with van der Waals surface area (Å²) in [5, 5.41) is 0. The Hall–Kier alpha value is 0.816. The zero-order valence-electron chi connectivity index (χ0n) is 14.6. The molecule has 0 radical (unpaired) electrons. The molecule has 0 N–H and O–H groups in total. The van der Waals surface area contributed by atoms with Crippen LogP contribution in [0, 0.1) is 5.92 Å². The van der Waals surface area contributed by atoms with E-state index < -0.39 is 17.2 Å². The first kappa shape index (κ1) is 24.1. The Balaban J connectivity index is 0. The van der Waals surface area contributed by atoms with Crippen LogP contribution in [0.2, 0.25) is 0 Å². The second-order valence-corrected chi connectivity index (χ2v) is 6.24. The molecule has 0 unspecified atom stereocenters. The van der Waals surface area contributed by atoms with Crippen molar-refractivity contribution in [3.8, 4) is 0 Å². The molecule has 0 fully saturated rings. The van der Waals surface area contributed by atoms with E-state index in [0.717, 1.165) is 0 Å². The molecule has 120 valence electrons. The van der Waals surface area contributed by atoms with E-state index in [0.29, 0.717) is 5.92 Å². The first-order chi connectivity index (χ1) is 9.05. The van der Waals surface area contributed by atoms with E-state index in [1.165, 1.54) is 0 Å². The van der Waals surface area contributed by atoms with Crippen LogP contribution in [-0.2, 0) is 29.1 Å². The van der Waals surface area contributed by atoms with E-state index in [2.05, 4.69) is 0 Å². The van der Waals surface area contributed by atoms with Gasteiger partial charge >= 0.3 is 51.4 Å². The van der Waals surface area contributed by atoms with Crippen molar-refractivity contribution in [2.24, 2.45) is 0 Å². The van der Waals surface area contributed by atoms with E-state index >= 15 is 0 Å². The number of rotatable bonds is 8. The second-order valence-electron chi connectivity index (χ2n) is 6.24. The van der Waals surface area contributed by atoms with Crippen LogP contribution < -0.4 is 51.4 Å². The van der Waals surface area contributed by atoms with E-state index in [4.69, 9.17) is 24.3 Å². The minimum absolute atomic E-state index is 0. The van der Waals surface area contributed by atoms with Crippen molar-refractivity contribution in [2.75, 3.05) is 19.8 Å². The smallest absolute Gasteiger partial charge is 0.488 e. The van der Waals surface area contributed by atoms with Crippen LogP contribution in [-0.4, -0.2) is 37.0 Å². The molecule has 0 saturated carbocycles. The molecule has 0 aliphatic heterocycles. The molecule has 0 heterocycles. The van der Waals surface area contributed by atoms with Gasteiger partial charge in [-0.15, -0.1) is 0 Å². The number of hydrogen-bond donors (Lipinski definition) is 0. The van der Waals surface area contributed by atoms with Gasteiger partial charge in [0.15, 0.2) is 5.97 Å². The molecule has 0 aromatic heterocycles. The van der Waals surface area contributed by atoms with Gasteiger partial charge in [-0.3, -0.25) is 14.6 Å². The normalized spacial score (nSPS) is 11.8. The van der Waals surface area contributed by atoms with Gasteiger partial charge in [0.05, 0.1) is 17.8 Å². The molecular weight excluding hydrogens is 303 g/mol. The first-order valence-corrected chi connectivity index (χ1v) is 6.68. The Morgan fingerprint density at radius 2 is 1.29 bits per heavy atom. The van der Waals surface area contributed by atoms with Gasteiger partial charge in [0.1, 0.15) is 0 Å². The maximum atomic E-state index is 11.7. The zero-order valence-corrected chi connectivity index (χ0v) is 17.7. The average molecular weight is 330 g/mol. The van der Waals surface area contributed by atoms with Gasteiger partial charge in [-0.2, -0.15) is 0 Å². The summed E-state index contributed by atoms with van der Waals surface area (Å²) in [5.41, 5.74) is -0.912. The fourth-order valence-electron chi connectivity index (χ4n) is 0.947. The van der Waals surface area contributed by atoms with Gasteiger partial charge in [-0.05, 0) is 61.7 Å². The maximum absolute atomic E-state index is 11.7. The fraction of sp³-hybridized carbons (Fsp3) is 0.857. The zero-order chi connectivity index (χ0) is 15.8. The summed E-state index contributed by atoms with van der Waals surface area (Å²) in [5.74, 6) is -0.192. The van der Waals surface area contributed by atoms with Crippen LogP contribution in [0.3, 0.4) is 0 Å². The van der Waals surface area contributed by atoms with Crippen molar-refractivity contribution < 1.29 is 80.5 Å². The minimum Gasteiger partial charge on any atom is -0.488 e. The predicted molar refractivity (Wildman–Crippen MR) is 73.5 cm³/mol. The summed E-state index contributed by atoms with van der Waals surface area (Å²) >= 11 is 0. The van der Waals surface area contributed by atoms with Crippen LogP contribution in [0.1, 0.15) is 48.5 Å². The molecule has 0 aliphatic rings. The van der Waals surface area contributed by atoms with Crippen molar-refractivity contribution in [3.05, 3.63) is 5.92 Å². The quantitative estimate of drug-likeness (QED) is 0.199. The summed E-state index contributed by atoms with van der Waals surface area (Å²) in [7, 11) is 0. The molecule has 0 aliphatic carbocycles. The molecule has 21 heavy (non-hydrogen) atoms. The average Bonchev–Trinajstić information content (AvgIpc) is 2.24. The molecule has 0 saturated heterocycles. The second kappa shape index (κ2) is 11.4.